The Balaban J connectivity index is 1.73. The van der Waals surface area contributed by atoms with Crippen LogP contribution in [0.4, 0.5) is 5.69 Å². The minimum Gasteiger partial charge on any atom is -0.348 e. The molecule has 132 valence electrons. The van der Waals surface area contributed by atoms with Crippen LogP contribution in [0.15, 0.2) is 65.8 Å². The molecule has 0 radical (unpaired) electrons. The molecule has 0 bridgehead atoms. The van der Waals surface area contributed by atoms with Gasteiger partial charge in [0.1, 0.15) is 5.56 Å². The van der Waals surface area contributed by atoms with E-state index in [1.165, 1.54) is 23.9 Å². The first-order valence-corrected chi connectivity index (χ1v) is 9.00. The van der Waals surface area contributed by atoms with Crippen molar-refractivity contribution in [2.75, 3.05) is 6.26 Å². The maximum absolute atomic E-state index is 12.4. The van der Waals surface area contributed by atoms with Crippen molar-refractivity contribution in [1.29, 1.82) is 0 Å². The molecule has 0 aliphatic carbocycles. The van der Waals surface area contributed by atoms with Crippen LogP contribution >= 0.6 is 11.8 Å². The van der Waals surface area contributed by atoms with Gasteiger partial charge in [0.15, 0.2) is 0 Å². The lowest BCUT2D eigenvalue weighted by atomic mass is 10.1. The largest absolute Gasteiger partial charge is 0.348 e. The molecule has 1 amide bonds. The lowest BCUT2D eigenvalue weighted by molar-refractivity contribution is -0.385. The van der Waals surface area contributed by atoms with E-state index < -0.39 is 10.8 Å². The average molecular weight is 368 g/mol. The quantitative estimate of drug-likeness (QED) is 0.409. The summed E-state index contributed by atoms with van der Waals surface area (Å²) >= 11 is 1.42. The summed E-state index contributed by atoms with van der Waals surface area (Å²) in [5.74, 6) is -0.486. The SMILES string of the molecule is CSc1ccc([N+](=O)[O-])c(C(=O)NCc2cnn(-c3ccccc3)c2)c1. The number of hydrogen-bond acceptors (Lipinski definition) is 5. The zero-order chi connectivity index (χ0) is 18.5. The van der Waals surface area contributed by atoms with Crippen LogP contribution < -0.4 is 5.32 Å². The summed E-state index contributed by atoms with van der Waals surface area (Å²) in [6.07, 6.45) is 5.31. The van der Waals surface area contributed by atoms with Crippen molar-refractivity contribution >= 4 is 23.4 Å². The van der Waals surface area contributed by atoms with Crippen LogP contribution in [0.1, 0.15) is 15.9 Å². The summed E-state index contributed by atoms with van der Waals surface area (Å²) in [4.78, 5) is 23.8. The van der Waals surface area contributed by atoms with Crippen molar-refractivity contribution in [3.05, 3.63) is 82.2 Å². The highest BCUT2D eigenvalue weighted by Crippen LogP contribution is 2.24. The number of rotatable bonds is 6. The van der Waals surface area contributed by atoms with E-state index in [0.717, 1.165) is 16.1 Å². The molecule has 26 heavy (non-hydrogen) atoms. The molecule has 1 aromatic heterocycles. The van der Waals surface area contributed by atoms with Gasteiger partial charge in [-0.25, -0.2) is 4.68 Å². The van der Waals surface area contributed by atoms with Crippen LogP contribution in [0.3, 0.4) is 0 Å². The molecule has 8 heteroatoms. The maximum atomic E-state index is 12.4. The molecule has 2 aromatic carbocycles. The van der Waals surface area contributed by atoms with Crippen LogP contribution in [-0.4, -0.2) is 26.9 Å². The molecule has 0 spiro atoms. The van der Waals surface area contributed by atoms with Crippen molar-refractivity contribution in [2.45, 2.75) is 11.4 Å². The Morgan fingerprint density at radius 2 is 2.04 bits per heavy atom. The Bertz CT molecular complexity index is 941. The minimum absolute atomic E-state index is 0.0531. The second kappa shape index (κ2) is 7.83. The van der Waals surface area contributed by atoms with Gasteiger partial charge in [0.05, 0.1) is 16.8 Å². The number of benzene rings is 2. The van der Waals surface area contributed by atoms with Gasteiger partial charge in [-0.15, -0.1) is 11.8 Å². The smallest absolute Gasteiger partial charge is 0.282 e. The van der Waals surface area contributed by atoms with Gasteiger partial charge >= 0.3 is 0 Å². The van der Waals surface area contributed by atoms with Crippen molar-refractivity contribution in [3.8, 4) is 5.69 Å². The van der Waals surface area contributed by atoms with E-state index >= 15 is 0 Å². The molecule has 0 unspecified atom stereocenters. The number of para-hydroxylation sites is 1. The van der Waals surface area contributed by atoms with Gasteiger partial charge in [-0.05, 0) is 30.5 Å². The molecule has 0 saturated carbocycles. The Morgan fingerprint density at radius 1 is 1.27 bits per heavy atom. The number of nitrogens with zero attached hydrogens (tertiary/aromatic N) is 3. The second-order valence-electron chi connectivity index (χ2n) is 5.45. The molecule has 0 atom stereocenters. The fourth-order valence-corrected chi connectivity index (χ4v) is 2.87. The zero-order valence-corrected chi connectivity index (χ0v) is 14.8. The monoisotopic (exact) mass is 368 g/mol. The average Bonchev–Trinajstić information content (AvgIpc) is 3.15. The predicted octanol–water partition coefficient (Wildman–Crippen LogP) is 3.43. The number of carbonyl (C=O) groups excluding carboxylic acids is 1. The first-order chi connectivity index (χ1) is 12.6. The second-order valence-corrected chi connectivity index (χ2v) is 6.33. The summed E-state index contributed by atoms with van der Waals surface area (Å²) in [6.45, 7) is 0.228. The first kappa shape index (κ1) is 17.7. The fraction of sp³-hybridized carbons (Fsp3) is 0.111. The van der Waals surface area contributed by atoms with Crippen molar-refractivity contribution < 1.29 is 9.72 Å². The third kappa shape index (κ3) is 3.92. The summed E-state index contributed by atoms with van der Waals surface area (Å²) in [5, 5.41) is 18.2. The van der Waals surface area contributed by atoms with Gasteiger partial charge in [-0.3, -0.25) is 14.9 Å². The predicted molar refractivity (Wildman–Crippen MR) is 99.6 cm³/mol. The van der Waals surface area contributed by atoms with E-state index in [9.17, 15) is 14.9 Å². The van der Waals surface area contributed by atoms with Gasteiger partial charge < -0.3 is 5.32 Å². The van der Waals surface area contributed by atoms with Crippen LogP contribution in [-0.2, 0) is 6.54 Å². The van der Waals surface area contributed by atoms with Gasteiger partial charge in [0.2, 0.25) is 0 Å². The number of carbonyl (C=O) groups is 1. The van der Waals surface area contributed by atoms with E-state index in [0.29, 0.717) is 0 Å². The molecular weight excluding hydrogens is 352 g/mol. The molecular formula is C18H16N4O3S. The van der Waals surface area contributed by atoms with Crippen molar-refractivity contribution in [3.63, 3.8) is 0 Å². The van der Waals surface area contributed by atoms with E-state index in [2.05, 4.69) is 10.4 Å². The number of nitro benzene ring substituents is 1. The fourth-order valence-electron chi connectivity index (χ4n) is 2.43. The Kier molecular flexibility index (Phi) is 5.33. The molecule has 1 N–H and O–H groups in total. The highest BCUT2D eigenvalue weighted by atomic mass is 32.2. The van der Waals surface area contributed by atoms with Crippen LogP contribution in [0, 0.1) is 10.1 Å². The number of amides is 1. The summed E-state index contributed by atoms with van der Waals surface area (Å²) in [5.41, 5.74) is 1.55. The topological polar surface area (TPSA) is 90.1 Å². The number of nitrogens with one attached hydrogen (secondary N) is 1. The number of aromatic nitrogens is 2. The van der Waals surface area contributed by atoms with E-state index in [1.54, 1.807) is 16.9 Å². The van der Waals surface area contributed by atoms with Gasteiger partial charge in [0, 0.05) is 29.3 Å². The van der Waals surface area contributed by atoms with E-state index in [-0.39, 0.29) is 17.8 Å². The Morgan fingerprint density at radius 3 is 2.73 bits per heavy atom. The zero-order valence-electron chi connectivity index (χ0n) is 14.0. The third-order valence-corrected chi connectivity index (χ3v) is 4.48. The Labute approximate surface area is 154 Å². The highest BCUT2D eigenvalue weighted by molar-refractivity contribution is 7.98. The number of thioether (sulfide) groups is 1. The van der Waals surface area contributed by atoms with E-state index in [4.69, 9.17) is 0 Å². The van der Waals surface area contributed by atoms with Crippen molar-refractivity contribution in [1.82, 2.24) is 15.1 Å². The summed E-state index contributed by atoms with van der Waals surface area (Å²) in [6, 6.07) is 14.1. The number of hydrogen-bond donors (Lipinski definition) is 1. The van der Waals surface area contributed by atoms with Crippen LogP contribution in [0.5, 0.6) is 0 Å². The molecule has 0 fully saturated rings. The van der Waals surface area contributed by atoms with Crippen LogP contribution in [0.2, 0.25) is 0 Å². The maximum Gasteiger partial charge on any atom is 0.282 e. The molecule has 0 saturated heterocycles. The van der Waals surface area contributed by atoms with Crippen molar-refractivity contribution in [2.24, 2.45) is 0 Å². The standard InChI is InChI=1S/C18H16N4O3S/c1-26-15-7-8-17(22(24)25)16(9-15)18(23)19-10-13-11-20-21(12-13)14-5-3-2-4-6-14/h2-9,11-12H,10H2,1H3,(H,19,23). The first-order valence-electron chi connectivity index (χ1n) is 7.78. The molecule has 3 rings (SSSR count). The van der Waals surface area contributed by atoms with Gasteiger partial charge in [0.25, 0.3) is 11.6 Å². The van der Waals surface area contributed by atoms with Crippen LogP contribution in [0.25, 0.3) is 5.69 Å². The lowest BCUT2D eigenvalue weighted by Crippen LogP contribution is -2.23. The molecule has 1 heterocycles. The summed E-state index contributed by atoms with van der Waals surface area (Å²) in [7, 11) is 0. The van der Waals surface area contributed by atoms with Gasteiger partial charge in [-0.2, -0.15) is 5.10 Å². The summed E-state index contributed by atoms with van der Waals surface area (Å²) < 4.78 is 1.71. The molecule has 0 aliphatic heterocycles. The number of nitro groups is 1. The van der Waals surface area contributed by atoms with Gasteiger partial charge in [-0.1, -0.05) is 18.2 Å². The lowest BCUT2D eigenvalue weighted by Gasteiger charge is -2.06. The highest BCUT2D eigenvalue weighted by Gasteiger charge is 2.20. The molecule has 7 nitrogen and oxygen atoms in total. The minimum atomic E-state index is -0.549. The third-order valence-electron chi connectivity index (χ3n) is 3.75. The molecule has 3 aromatic rings. The normalized spacial score (nSPS) is 10.5. The Hall–Kier alpha value is -3.13. The van der Waals surface area contributed by atoms with E-state index in [1.807, 2.05) is 42.8 Å². The molecule has 0 aliphatic rings.